The van der Waals surface area contributed by atoms with Crippen LogP contribution in [0, 0.1) is 0 Å². The van der Waals surface area contributed by atoms with Gasteiger partial charge in [0.25, 0.3) is 0 Å². The number of halogens is 3. The van der Waals surface area contributed by atoms with Crippen molar-refractivity contribution < 1.29 is 27.4 Å². The molecule has 0 aliphatic carbocycles. The van der Waals surface area contributed by atoms with E-state index in [1.54, 1.807) is 12.1 Å². The van der Waals surface area contributed by atoms with Crippen LogP contribution in [-0.4, -0.2) is 32.7 Å². The molecule has 0 radical (unpaired) electrons. The molecule has 2 aromatic rings. The number of nitrogens with zero attached hydrogens (tertiary/aromatic N) is 1. The van der Waals surface area contributed by atoms with Gasteiger partial charge in [0, 0.05) is 5.56 Å². The minimum Gasteiger partial charge on any atom is -0.493 e. The van der Waals surface area contributed by atoms with Gasteiger partial charge in [-0.15, -0.1) is 0 Å². The number of thiocarbonyl (C=S) groups is 1. The third kappa shape index (κ3) is 5.26. The smallest absolute Gasteiger partial charge is 0.418 e. The van der Waals surface area contributed by atoms with E-state index >= 15 is 0 Å². The zero-order chi connectivity index (χ0) is 20.7. The molecule has 0 saturated heterocycles. The molecule has 0 spiro atoms. The molecule has 0 unspecified atom stereocenters. The van der Waals surface area contributed by atoms with Crippen molar-refractivity contribution in [2.75, 3.05) is 26.6 Å². The lowest BCUT2D eigenvalue weighted by Gasteiger charge is -2.14. The highest BCUT2D eigenvalue weighted by atomic mass is 32.1. The van der Waals surface area contributed by atoms with Gasteiger partial charge >= 0.3 is 6.18 Å². The third-order valence-corrected chi connectivity index (χ3v) is 3.74. The van der Waals surface area contributed by atoms with Crippen molar-refractivity contribution in [3.63, 3.8) is 0 Å². The Labute approximate surface area is 165 Å². The number of para-hydroxylation sites is 1. The molecule has 0 aliphatic rings. The summed E-state index contributed by atoms with van der Waals surface area (Å²) in [5.41, 5.74) is 2.07. The average molecular weight is 413 g/mol. The van der Waals surface area contributed by atoms with Gasteiger partial charge in [-0.3, -0.25) is 5.43 Å². The monoisotopic (exact) mass is 413 g/mol. The molecule has 2 N–H and O–H groups in total. The lowest BCUT2D eigenvalue weighted by Crippen LogP contribution is -2.25. The van der Waals surface area contributed by atoms with E-state index in [-0.39, 0.29) is 10.8 Å². The van der Waals surface area contributed by atoms with Crippen LogP contribution in [0.1, 0.15) is 11.1 Å². The predicted octanol–water partition coefficient (Wildman–Crippen LogP) is 4.05. The van der Waals surface area contributed by atoms with Gasteiger partial charge in [-0.05, 0) is 36.5 Å². The van der Waals surface area contributed by atoms with Crippen LogP contribution in [0.25, 0.3) is 0 Å². The van der Waals surface area contributed by atoms with Crippen molar-refractivity contribution in [1.82, 2.24) is 5.43 Å². The number of anilines is 1. The van der Waals surface area contributed by atoms with E-state index in [1.807, 2.05) is 0 Å². The highest BCUT2D eigenvalue weighted by molar-refractivity contribution is 7.80. The zero-order valence-corrected chi connectivity index (χ0v) is 16.1. The third-order valence-electron chi connectivity index (χ3n) is 3.55. The SMILES string of the molecule is COc1cc(/C=N/NC(=S)Nc2ccccc2C(F)(F)F)cc(OC)c1OC. The van der Waals surface area contributed by atoms with Gasteiger partial charge in [0.05, 0.1) is 38.8 Å². The van der Waals surface area contributed by atoms with Crippen LogP contribution in [-0.2, 0) is 6.18 Å². The molecule has 6 nitrogen and oxygen atoms in total. The first-order chi connectivity index (χ1) is 13.3. The molecule has 0 saturated carbocycles. The van der Waals surface area contributed by atoms with Crippen LogP contribution < -0.4 is 25.0 Å². The lowest BCUT2D eigenvalue weighted by atomic mass is 10.2. The van der Waals surface area contributed by atoms with Crippen molar-refractivity contribution in [1.29, 1.82) is 0 Å². The van der Waals surface area contributed by atoms with Gasteiger partial charge < -0.3 is 19.5 Å². The fourth-order valence-corrected chi connectivity index (χ4v) is 2.49. The minimum absolute atomic E-state index is 0.0969. The Bertz CT molecular complexity index is 848. The highest BCUT2D eigenvalue weighted by Gasteiger charge is 2.33. The minimum atomic E-state index is -4.50. The quantitative estimate of drug-likeness (QED) is 0.423. The zero-order valence-electron chi connectivity index (χ0n) is 15.3. The predicted molar refractivity (Wildman–Crippen MR) is 104 cm³/mol. The Hall–Kier alpha value is -3.01. The number of alkyl halides is 3. The number of hydrogen-bond acceptors (Lipinski definition) is 5. The second kappa shape index (κ2) is 9.27. The van der Waals surface area contributed by atoms with Gasteiger partial charge in [0.2, 0.25) is 5.75 Å². The number of nitrogens with one attached hydrogen (secondary N) is 2. The van der Waals surface area contributed by atoms with Crippen LogP contribution in [0.4, 0.5) is 18.9 Å². The summed E-state index contributed by atoms with van der Waals surface area (Å²) in [4.78, 5) is 0. The number of ether oxygens (including phenoxy) is 3. The van der Waals surface area contributed by atoms with Crippen LogP contribution in [0.2, 0.25) is 0 Å². The van der Waals surface area contributed by atoms with Gasteiger partial charge in [0.1, 0.15) is 0 Å². The largest absolute Gasteiger partial charge is 0.493 e. The molecule has 2 rings (SSSR count). The molecule has 28 heavy (non-hydrogen) atoms. The first-order valence-electron chi connectivity index (χ1n) is 7.86. The normalized spacial score (nSPS) is 11.2. The second-order valence-electron chi connectivity index (χ2n) is 5.33. The Kier molecular flexibility index (Phi) is 7.05. The van der Waals surface area contributed by atoms with Crippen molar-refractivity contribution in [3.05, 3.63) is 47.5 Å². The van der Waals surface area contributed by atoms with E-state index in [9.17, 15) is 13.2 Å². The van der Waals surface area contributed by atoms with Crippen LogP contribution in [0.5, 0.6) is 17.2 Å². The summed E-state index contributed by atoms with van der Waals surface area (Å²) in [5, 5.41) is 6.31. The second-order valence-corrected chi connectivity index (χ2v) is 5.73. The molecule has 10 heteroatoms. The van der Waals surface area contributed by atoms with Gasteiger partial charge in [0.15, 0.2) is 16.6 Å². The van der Waals surface area contributed by atoms with E-state index in [1.165, 1.54) is 45.7 Å². The maximum Gasteiger partial charge on any atom is 0.418 e. The van der Waals surface area contributed by atoms with Gasteiger partial charge in [-0.25, -0.2) is 0 Å². The summed E-state index contributed by atoms with van der Waals surface area (Å²) in [5.74, 6) is 1.29. The van der Waals surface area contributed by atoms with E-state index in [0.717, 1.165) is 6.07 Å². The molecule has 0 bridgehead atoms. The average Bonchev–Trinajstić information content (AvgIpc) is 2.66. The summed E-state index contributed by atoms with van der Waals surface area (Å²) < 4.78 is 54.7. The Balaban J connectivity index is 2.11. The van der Waals surface area contributed by atoms with Gasteiger partial charge in [-0.1, -0.05) is 12.1 Å². The van der Waals surface area contributed by atoms with Crippen molar-refractivity contribution in [2.24, 2.45) is 5.10 Å². The number of benzene rings is 2. The van der Waals surface area contributed by atoms with Crippen LogP contribution in [0.3, 0.4) is 0 Å². The summed E-state index contributed by atoms with van der Waals surface area (Å²) in [6.07, 6.45) is -3.09. The van der Waals surface area contributed by atoms with Crippen LogP contribution in [0.15, 0.2) is 41.5 Å². The molecule has 0 aromatic heterocycles. The van der Waals surface area contributed by atoms with E-state index < -0.39 is 11.7 Å². The molecular weight excluding hydrogens is 395 g/mol. The molecule has 150 valence electrons. The molecule has 0 fully saturated rings. The maximum absolute atomic E-state index is 13.0. The summed E-state index contributed by atoms with van der Waals surface area (Å²) >= 11 is 5.00. The molecule has 0 aliphatic heterocycles. The molecule has 0 amide bonds. The summed E-state index contributed by atoms with van der Waals surface area (Å²) in [6.45, 7) is 0. The van der Waals surface area contributed by atoms with E-state index in [4.69, 9.17) is 26.4 Å². The van der Waals surface area contributed by atoms with Crippen molar-refractivity contribution in [2.45, 2.75) is 6.18 Å². The number of rotatable bonds is 6. The number of methoxy groups -OCH3 is 3. The highest BCUT2D eigenvalue weighted by Crippen LogP contribution is 2.37. The summed E-state index contributed by atoms with van der Waals surface area (Å²) in [7, 11) is 4.44. The molecule has 0 heterocycles. The first kappa shape index (κ1) is 21.3. The first-order valence-corrected chi connectivity index (χ1v) is 8.27. The van der Waals surface area contributed by atoms with Gasteiger partial charge in [-0.2, -0.15) is 18.3 Å². The molecule has 2 aromatic carbocycles. The maximum atomic E-state index is 13.0. The number of hydrogen-bond donors (Lipinski definition) is 2. The molecular formula is C18H18F3N3O3S. The van der Waals surface area contributed by atoms with Crippen LogP contribution >= 0.6 is 12.2 Å². The molecule has 0 atom stereocenters. The van der Waals surface area contributed by atoms with E-state index in [0.29, 0.717) is 22.8 Å². The fourth-order valence-electron chi connectivity index (χ4n) is 2.33. The number of hydrazone groups is 1. The Morgan fingerprint density at radius 3 is 2.18 bits per heavy atom. The lowest BCUT2D eigenvalue weighted by molar-refractivity contribution is -0.136. The fraction of sp³-hybridized carbons (Fsp3) is 0.222. The van der Waals surface area contributed by atoms with Crippen molar-refractivity contribution >= 4 is 29.2 Å². The topological polar surface area (TPSA) is 64.1 Å². The summed E-state index contributed by atoms with van der Waals surface area (Å²) in [6, 6.07) is 8.32. The van der Waals surface area contributed by atoms with E-state index in [2.05, 4.69) is 15.8 Å². The Morgan fingerprint density at radius 1 is 1.04 bits per heavy atom. The Morgan fingerprint density at radius 2 is 1.64 bits per heavy atom. The standard InChI is InChI=1S/C18H18F3N3O3S/c1-25-14-8-11(9-15(26-2)16(14)27-3)10-22-24-17(28)23-13-7-5-4-6-12(13)18(19,20)21/h4-10H,1-3H3,(H2,23,24,28)/b22-10+. The van der Waals surface area contributed by atoms with Crippen molar-refractivity contribution in [3.8, 4) is 17.2 Å².